The van der Waals surface area contributed by atoms with Gasteiger partial charge in [-0.2, -0.15) is 0 Å². The predicted molar refractivity (Wildman–Crippen MR) is 86.1 cm³/mol. The molecular weight excluding hydrogens is 314 g/mol. The molecule has 2 aromatic rings. The van der Waals surface area contributed by atoms with Gasteiger partial charge in [-0.3, -0.25) is 11.3 Å². The molecule has 1 fully saturated rings. The highest BCUT2D eigenvalue weighted by molar-refractivity contribution is 9.10. The number of halogens is 1. The zero-order chi connectivity index (χ0) is 13.9. The number of aromatic nitrogens is 1. The Morgan fingerprint density at radius 2 is 2.05 bits per heavy atom. The summed E-state index contributed by atoms with van der Waals surface area (Å²) in [6.45, 7) is 0. The number of rotatable bonds is 4. The third kappa shape index (κ3) is 2.87. The predicted octanol–water partition coefficient (Wildman–Crippen LogP) is 4.08. The summed E-state index contributed by atoms with van der Waals surface area (Å²) in [6.07, 6.45) is 6.43. The number of hydrogen-bond acceptors (Lipinski definition) is 3. The highest BCUT2D eigenvalue weighted by atomic mass is 79.9. The van der Waals surface area contributed by atoms with Crippen molar-refractivity contribution in [1.82, 2.24) is 10.4 Å². The smallest absolute Gasteiger partial charge is 0.0736 e. The van der Waals surface area contributed by atoms with E-state index in [1.165, 1.54) is 25.7 Å². The molecule has 106 valence electrons. The molecule has 0 spiro atoms. The van der Waals surface area contributed by atoms with Crippen molar-refractivity contribution in [3.63, 3.8) is 0 Å². The molecule has 3 nitrogen and oxygen atoms in total. The minimum Gasteiger partial charge on any atom is -0.271 e. The van der Waals surface area contributed by atoms with E-state index >= 15 is 0 Å². The van der Waals surface area contributed by atoms with Crippen molar-refractivity contribution in [2.75, 3.05) is 0 Å². The molecule has 1 aliphatic rings. The second-order valence-corrected chi connectivity index (χ2v) is 6.51. The van der Waals surface area contributed by atoms with Crippen LogP contribution in [0.4, 0.5) is 0 Å². The van der Waals surface area contributed by atoms with Crippen LogP contribution in [0.1, 0.15) is 43.8 Å². The second-order valence-electron chi connectivity index (χ2n) is 5.65. The number of fused-ring (bicyclic) bond motifs is 1. The second kappa shape index (κ2) is 6.20. The number of hydrogen-bond donors (Lipinski definition) is 2. The summed E-state index contributed by atoms with van der Waals surface area (Å²) in [5, 5.41) is 1.15. The summed E-state index contributed by atoms with van der Waals surface area (Å²) in [7, 11) is 0. The maximum Gasteiger partial charge on any atom is 0.0736 e. The standard InChI is InChI=1S/C16H20BrN3/c17-13-10-12-7-3-4-8-14(12)19-16(13)15(20-18)9-11-5-1-2-6-11/h3-4,7-8,10-11,15,20H,1-2,5-6,9,18H2. The fourth-order valence-electron chi connectivity index (χ4n) is 3.19. The average molecular weight is 334 g/mol. The molecule has 3 N–H and O–H groups in total. The number of nitrogens with zero attached hydrogens (tertiary/aromatic N) is 1. The van der Waals surface area contributed by atoms with Gasteiger partial charge < -0.3 is 0 Å². The zero-order valence-electron chi connectivity index (χ0n) is 11.5. The topological polar surface area (TPSA) is 50.9 Å². The first-order valence-electron chi connectivity index (χ1n) is 7.29. The van der Waals surface area contributed by atoms with E-state index in [4.69, 9.17) is 10.8 Å². The molecule has 1 heterocycles. The number of nitrogens with one attached hydrogen (secondary N) is 1. The number of hydrazine groups is 1. The summed E-state index contributed by atoms with van der Waals surface area (Å²) in [5.74, 6) is 6.56. The van der Waals surface area contributed by atoms with E-state index in [0.29, 0.717) is 0 Å². The van der Waals surface area contributed by atoms with Crippen molar-refractivity contribution in [2.24, 2.45) is 11.8 Å². The van der Waals surface area contributed by atoms with Crippen molar-refractivity contribution in [3.05, 3.63) is 40.5 Å². The van der Waals surface area contributed by atoms with E-state index in [1.54, 1.807) is 0 Å². The number of nitrogens with two attached hydrogens (primary N) is 1. The van der Waals surface area contributed by atoms with Gasteiger partial charge in [0.05, 0.1) is 17.3 Å². The number of pyridine rings is 1. The van der Waals surface area contributed by atoms with E-state index in [9.17, 15) is 0 Å². The first-order chi connectivity index (χ1) is 9.78. The van der Waals surface area contributed by atoms with E-state index in [1.807, 2.05) is 12.1 Å². The van der Waals surface area contributed by atoms with Crippen LogP contribution in [0.3, 0.4) is 0 Å². The molecule has 1 aromatic carbocycles. The van der Waals surface area contributed by atoms with Crippen molar-refractivity contribution in [3.8, 4) is 0 Å². The molecule has 1 aliphatic carbocycles. The number of para-hydroxylation sites is 1. The molecule has 1 saturated carbocycles. The van der Waals surface area contributed by atoms with Crippen LogP contribution < -0.4 is 11.3 Å². The minimum atomic E-state index is 0.122. The van der Waals surface area contributed by atoms with Crippen LogP contribution >= 0.6 is 15.9 Å². The Morgan fingerprint density at radius 3 is 2.80 bits per heavy atom. The van der Waals surface area contributed by atoms with Gasteiger partial charge in [0.2, 0.25) is 0 Å². The average Bonchev–Trinajstić information content (AvgIpc) is 2.97. The fraction of sp³-hybridized carbons (Fsp3) is 0.438. The first kappa shape index (κ1) is 14.0. The highest BCUT2D eigenvalue weighted by Crippen LogP contribution is 2.35. The van der Waals surface area contributed by atoms with Gasteiger partial charge >= 0.3 is 0 Å². The van der Waals surface area contributed by atoms with Crippen LogP contribution in [0.5, 0.6) is 0 Å². The highest BCUT2D eigenvalue weighted by Gasteiger charge is 2.23. The molecule has 0 bridgehead atoms. The molecule has 0 amide bonds. The lowest BCUT2D eigenvalue weighted by Crippen LogP contribution is -2.30. The van der Waals surface area contributed by atoms with Crippen molar-refractivity contribution in [2.45, 2.75) is 38.1 Å². The molecule has 3 rings (SSSR count). The summed E-state index contributed by atoms with van der Waals surface area (Å²) in [4.78, 5) is 4.80. The molecule has 0 aliphatic heterocycles. The summed E-state index contributed by atoms with van der Waals surface area (Å²) < 4.78 is 1.04. The molecule has 20 heavy (non-hydrogen) atoms. The summed E-state index contributed by atoms with van der Waals surface area (Å²) >= 11 is 3.65. The Labute approximate surface area is 128 Å². The third-order valence-electron chi connectivity index (χ3n) is 4.28. The normalized spacial score (nSPS) is 17.7. The Hall–Kier alpha value is -0.970. The maximum absolute atomic E-state index is 5.79. The lowest BCUT2D eigenvalue weighted by Gasteiger charge is -2.20. The zero-order valence-corrected chi connectivity index (χ0v) is 13.1. The Bertz CT molecular complexity index is 593. The fourth-order valence-corrected chi connectivity index (χ4v) is 3.80. The minimum absolute atomic E-state index is 0.122. The lowest BCUT2D eigenvalue weighted by molar-refractivity contribution is 0.394. The van der Waals surface area contributed by atoms with Gasteiger partial charge in [-0.05, 0) is 40.4 Å². The van der Waals surface area contributed by atoms with Crippen molar-refractivity contribution in [1.29, 1.82) is 0 Å². The van der Waals surface area contributed by atoms with Crippen LogP contribution in [-0.2, 0) is 0 Å². The van der Waals surface area contributed by atoms with Crippen molar-refractivity contribution >= 4 is 26.8 Å². The molecule has 0 saturated heterocycles. The summed E-state index contributed by atoms with van der Waals surface area (Å²) in [5.41, 5.74) is 5.01. The molecular formula is C16H20BrN3. The van der Waals surface area contributed by atoms with Crippen LogP contribution in [0, 0.1) is 5.92 Å². The van der Waals surface area contributed by atoms with E-state index in [2.05, 4.69) is 39.6 Å². The van der Waals surface area contributed by atoms with E-state index in [-0.39, 0.29) is 6.04 Å². The largest absolute Gasteiger partial charge is 0.271 e. The van der Waals surface area contributed by atoms with Gasteiger partial charge in [0.25, 0.3) is 0 Å². The van der Waals surface area contributed by atoms with Crippen molar-refractivity contribution < 1.29 is 0 Å². The van der Waals surface area contributed by atoms with Crippen LogP contribution in [0.15, 0.2) is 34.8 Å². The third-order valence-corrected chi connectivity index (χ3v) is 4.91. The maximum atomic E-state index is 5.79. The number of benzene rings is 1. The van der Waals surface area contributed by atoms with Gasteiger partial charge in [0.15, 0.2) is 0 Å². The van der Waals surface area contributed by atoms with E-state index in [0.717, 1.165) is 33.4 Å². The first-order valence-corrected chi connectivity index (χ1v) is 8.08. The van der Waals surface area contributed by atoms with Crippen LogP contribution in [-0.4, -0.2) is 4.98 Å². The van der Waals surface area contributed by atoms with Gasteiger partial charge in [0.1, 0.15) is 0 Å². The molecule has 4 heteroatoms. The Balaban J connectivity index is 1.91. The van der Waals surface area contributed by atoms with Gasteiger partial charge in [-0.1, -0.05) is 43.9 Å². The molecule has 1 atom stereocenters. The monoisotopic (exact) mass is 333 g/mol. The van der Waals surface area contributed by atoms with Gasteiger partial charge in [-0.25, -0.2) is 4.98 Å². The van der Waals surface area contributed by atoms with Gasteiger partial charge in [0, 0.05) is 9.86 Å². The summed E-state index contributed by atoms with van der Waals surface area (Å²) in [6, 6.07) is 10.4. The quantitative estimate of drug-likeness (QED) is 0.654. The van der Waals surface area contributed by atoms with E-state index < -0.39 is 0 Å². The lowest BCUT2D eigenvalue weighted by atomic mass is 9.96. The molecule has 0 radical (unpaired) electrons. The van der Waals surface area contributed by atoms with Crippen LogP contribution in [0.2, 0.25) is 0 Å². The Morgan fingerprint density at radius 1 is 1.30 bits per heavy atom. The van der Waals surface area contributed by atoms with Crippen LogP contribution in [0.25, 0.3) is 10.9 Å². The Kier molecular flexibility index (Phi) is 4.34. The van der Waals surface area contributed by atoms with Gasteiger partial charge in [-0.15, -0.1) is 0 Å². The SMILES string of the molecule is NNC(CC1CCCC1)c1nc2ccccc2cc1Br. The molecule has 1 unspecified atom stereocenters. The molecule has 1 aromatic heterocycles.